The van der Waals surface area contributed by atoms with E-state index in [4.69, 9.17) is 5.26 Å². The van der Waals surface area contributed by atoms with Gasteiger partial charge in [0.2, 0.25) is 0 Å². The number of aryl methyl sites for hydroxylation is 1. The maximum absolute atomic E-state index is 11.7. The summed E-state index contributed by atoms with van der Waals surface area (Å²) in [5.41, 5.74) is 2.78. The molecule has 15 heavy (non-hydrogen) atoms. The molecule has 0 radical (unpaired) electrons. The number of nitrogens with zero attached hydrogens (tertiary/aromatic N) is 1. The van der Waals surface area contributed by atoms with Gasteiger partial charge in [-0.1, -0.05) is 12.1 Å². The van der Waals surface area contributed by atoms with E-state index in [1.165, 1.54) is 0 Å². The van der Waals surface area contributed by atoms with Crippen LogP contribution in [-0.2, 0) is 0 Å². The third-order valence-electron chi connectivity index (χ3n) is 2.37. The van der Waals surface area contributed by atoms with Crippen LogP contribution >= 0.6 is 0 Å². The molecule has 0 aliphatic carbocycles. The lowest BCUT2D eigenvalue weighted by Crippen LogP contribution is -2.25. The SMILES string of the molecule is Cc1cccc(C(=O)NCCC#N)c1C. The minimum absolute atomic E-state index is 0.105. The molecule has 1 N–H and O–H groups in total. The first-order chi connectivity index (χ1) is 7.16. The number of carbonyl (C=O) groups excluding carboxylic acids is 1. The molecule has 1 amide bonds. The van der Waals surface area contributed by atoms with Crippen molar-refractivity contribution in [3.05, 3.63) is 34.9 Å². The van der Waals surface area contributed by atoms with Crippen LogP contribution < -0.4 is 5.32 Å². The maximum atomic E-state index is 11.7. The molecule has 1 rings (SSSR count). The van der Waals surface area contributed by atoms with Gasteiger partial charge >= 0.3 is 0 Å². The van der Waals surface area contributed by atoms with Gasteiger partial charge in [0.05, 0.1) is 12.5 Å². The van der Waals surface area contributed by atoms with Crippen molar-refractivity contribution in [1.82, 2.24) is 5.32 Å². The fourth-order valence-corrected chi connectivity index (χ4v) is 1.32. The number of hydrogen-bond acceptors (Lipinski definition) is 2. The van der Waals surface area contributed by atoms with E-state index in [2.05, 4.69) is 5.32 Å². The van der Waals surface area contributed by atoms with Gasteiger partial charge in [-0.2, -0.15) is 5.26 Å². The lowest BCUT2D eigenvalue weighted by Gasteiger charge is -2.08. The topological polar surface area (TPSA) is 52.9 Å². The molecule has 0 aliphatic heterocycles. The van der Waals surface area contributed by atoms with Crippen molar-refractivity contribution < 1.29 is 4.79 Å². The molecule has 78 valence electrons. The third-order valence-corrected chi connectivity index (χ3v) is 2.37. The lowest BCUT2D eigenvalue weighted by atomic mass is 10.0. The van der Waals surface area contributed by atoms with Crippen LogP contribution in [0.2, 0.25) is 0 Å². The Morgan fingerprint density at radius 3 is 2.87 bits per heavy atom. The quantitative estimate of drug-likeness (QED) is 0.761. The Balaban J connectivity index is 2.75. The minimum Gasteiger partial charge on any atom is -0.351 e. The maximum Gasteiger partial charge on any atom is 0.251 e. The van der Waals surface area contributed by atoms with Crippen molar-refractivity contribution >= 4 is 5.91 Å². The highest BCUT2D eigenvalue weighted by atomic mass is 16.1. The van der Waals surface area contributed by atoms with E-state index in [9.17, 15) is 4.79 Å². The van der Waals surface area contributed by atoms with Crippen molar-refractivity contribution in [3.8, 4) is 6.07 Å². The number of rotatable bonds is 3. The summed E-state index contributed by atoms with van der Waals surface area (Å²) in [6.07, 6.45) is 0.344. The van der Waals surface area contributed by atoms with E-state index in [1.807, 2.05) is 32.0 Å². The van der Waals surface area contributed by atoms with Gasteiger partial charge in [0, 0.05) is 12.1 Å². The number of nitrogens with one attached hydrogen (secondary N) is 1. The zero-order chi connectivity index (χ0) is 11.3. The summed E-state index contributed by atoms with van der Waals surface area (Å²) < 4.78 is 0. The molecule has 0 saturated carbocycles. The standard InChI is InChI=1S/C12H14N2O/c1-9-5-3-6-11(10(9)2)12(15)14-8-4-7-13/h3,5-6H,4,8H2,1-2H3,(H,14,15). The van der Waals surface area contributed by atoms with Gasteiger partial charge in [-0.05, 0) is 31.0 Å². The summed E-state index contributed by atoms with van der Waals surface area (Å²) in [6.45, 7) is 4.30. The van der Waals surface area contributed by atoms with E-state index in [0.717, 1.165) is 11.1 Å². The molecule has 1 aromatic rings. The average molecular weight is 202 g/mol. The molecule has 3 heteroatoms. The van der Waals surface area contributed by atoms with Crippen molar-refractivity contribution in [2.75, 3.05) is 6.54 Å². The second-order valence-electron chi connectivity index (χ2n) is 3.41. The van der Waals surface area contributed by atoms with Crippen molar-refractivity contribution in [1.29, 1.82) is 5.26 Å². The summed E-state index contributed by atoms with van der Waals surface area (Å²) >= 11 is 0. The molecular formula is C12H14N2O. The minimum atomic E-state index is -0.105. The Kier molecular flexibility index (Phi) is 3.87. The highest BCUT2D eigenvalue weighted by Crippen LogP contribution is 2.12. The number of nitriles is 1. The Morgan fingerprint density at radius 2 is 2.20 bits per heavy atom. The molecule has 0 aromatic heterocycles. The Bertz CT molecular complexity index is 405. The van der Waals surface area contributed by atoms with E-state index in [1.54, 1.807) is 6.07 Å². The van der Waals surface area contributed by atoms with Gasteiger partial charge in [-0.3, -0.25) is 4.79 Å². The van der Waals surface area contributed by atoms with Crippen LogP contribution in [0.15, 0.2) is 18.2 Å². The van der Waals surface area contributed by atoms with Crippen LogP contribution in [0.5, 0.6) is 0 Å². The second kappa shape index (κ2) is 5.16. The van der Waals surface area contributed by atoms with Crippen molar-refractivity contribution in [3.63, 3.8) is 0 Å². The Morgan fingerprint density at radius 1 is 1.47 bits per heavy atom. The molecule has 0 spiro atoms. The van der Waals surface area contributed by atoms with Crippen LogP contribution in [-0.4, -0.2) is 12.5 Å². The predicted molar refractivity (Wildman–Crippen MR) is 58.5 cm³/mol. The first-order valence-corrected chi connectivity index (χ1v) is 4.88. The molecule has 0 unspecified atom stereocenters. The fourth-order valence-electron chi connectivity index (χ4n) is 1.32. The van der Waals surface area contributed by atoms with Crippen LogP contribution in [0.3, 0.4) is 0 Å². The van der Waals surface area contributed by atoms with E-state index >= 15 is 0 Å². The summed E-state index contributed by atoms with van der Waals surface area (Å²) in [5, 5.41) is 11.1. The van der Waals surface area contributed by atoms with E-state index in [-0.39, 0.29) is 5.91 Å². The normalized spacial score (nSPS) is 9.40. The van der Waals surface area contributed by atoms with Gasteiger partial charge in [0.25, 0.3) is 5.91 Å². The molecular weight excluding hydrogens is 188 g/mol. The molecule has 0 fully saturated rings. The summed E-state index contributed by atoms with van der Waals surface area (Å²) in [5.74, 6) is -0.105. The number of hydrogen-bond donors (Lipinski definition) is 1. The molecule has 0 atom stereocenters. The second-order valence-corrected chi connectivity index (χ2v) is 3.41. The van der Waals surface area contributed by atoms with Crippen molar-refractivity contribution in [2.45, 2.75) is 20.3 Å². The van der Waals surface area contributed by atoms with Gasteiger partial charge in [0.15, 0.2) is 0 Å². The summed E-state index contributed by atoms with van der Waals surface area (Å²) in [4.78, 5) is 11.7. The number of carbonyl (C=O) groups is 1. The lowest BCUT2D eigenvalue weighted by molar-refractivity contribution is 0.0954. The molecule has 0 heterocycles. The van der Waals surface area contributed by atoms with Crippen molar-refractivity contribution in [2.24, 2.45) is 0 Å². The van der Waals surface area contributed by atoms with Gasteiger partial charge in [-0.25, -0.2) is 0 Å². The zero-order valence-corrected chi connectivity index (χ0v) is 9.00. The highest BCUT2D eigenvalue weighted by molar-refractivity contribution is 5.95. The summed E-state index contributed by atoms with van der Waals surface area (Å²) in [6, 6.07) is 7.62. The number of benzene rings is 1. The van der Waals surface area contributed by atoms with Crippen LogP contribution in [0.1, 0.15) is 27.9 Å². The van der Waals surface area contributed by atoms with Crippen LogP contribution in [0.4, 0.5) is 0 Å². The molecule has 0 bridgehead atoms. The third kappa shape index (κ3) is 2.81. The Labute approximate surface area is 89.7 Å². The first-order valence-electron chi connectivity index (χ1n) is 4.88. The Hall–Kier alpha value is -1.82. The molecule has 3 nitrogen and oxygen atoms in total. The van der Waals surface area contributed by atoms with E-state index in [0.29, 0.717) is 18.5 Å². The summed E-state index contributed by atoms with van der Waals surface area (Å²) in [7, 11) is 0. The smallest absolute Gasteiger partial charge is 0.251 e. The monoisotopic (exact) mass is 202 g/mol. The first kappa shape index (κ1) is 11.3. The molecule has 0 aliphatic rings. The van der Waals surface area contributed by atoms with Gasteiger partial charge in [-0.15, -0.1) is 0 Å². The molecule has 1 aromatic carbocycles. The average Bonchev–Trinajstić information content (AvgIpc) is 2.22. The van der Waals surface area contributed by atoms with E-state index < -0.39 is 0 Å². The zero-order valence-electron chi connectivity index (χ0n) is 9.00. The van der Waals surface area contributed by atoms with Crippen LogP contribution in [0, 0.1) is 25.2 Å². The predicted octanol–water partition coefficient (Wildman–Crippen LogP) is 1.95. The largest absolute Gasteiger partial charge is 0.351 e. The highest BCUT2D eigenvalue weighted by Gasteiger charge is 2.08. The van der Waals surface area contributed by atoms with Gasteiger partial charge in [0.1, 0.15) is 0 Å². The van der Waals surface area contributed by atoms with Crippen LogP contribution in [0.25, 0.3) is 0 Å². The molecule has 0 saturated heterocycles. The fraction of sp³-hybridized carbons (Fsp3) is 0.333. The number of amides is 1. The van der Waals surface area contributed by atoms with Gasteiger partial charge < -0.3 is 5.32 Å².